The number of morpholine rings is 1. The molecule has 3 heteroatoms. The van der Waals surface area contributed by atoms with E-state index in [1.54, 1.807) is 0 Å². The van der Waals surface area contributed by atoms with E-state index in [9.17, 15) is 0 Å². The fourth-order valence-electron chi connectivity index (χ4n) is 2.94. The third-order valence-electron chi connectivity index (χ3n) is 3.78. The molecule has 1 heterocycles. The smallest absolute Gasteiger partial charge is 0.0674 e. The molecule has 1 aliphatic rings. The Bertz CT molecular complexity index is 214. The normalized spacial score (nSPS) is 30.2. The minimum atomic E-state index is 0.381. The minimum Gasteiger partial charge on any atom is -0.376 e. The molecule has 1 aliphatic heterocycles. The van der Waals surface area contributed by atoms with Crippen molar-refractivity contribution in [1.82, 2.24) is 10.2 Å². The molecule has 0 bridgehead atoms. The highest BCUT2D eigenvalue weighted by atomic mass is 16.5. The molecule has 3 unspecified atom stereocenters. The van der Waals surface area contributed by atoms with Crippen LogP contribution in [0.1, 0.15) is 40.5 Å². The summed E-state index contributed by atoms with van der Waals surface area (Å²) in [5.41, 5.74) is 0.384. The molecule has 0 aromatic heterocycles. The van der Waals surface area contributed by atoms with Gasteiger partial charge in [-0.05, 0) is 32.7 Å². The van der Waals surface area contributed by atoms with Crippen LogP contribution in [-0.4, -0.2) is 50.3 Å². The highest BCUT2D eigenvalue weighted by Gasteiger charge is 2.31. The zero-order chi connectivity index (χ0) is 12.9. The molecule has 17 heavy (non-hydrogen) atoms. The maximum atomic E-state index is 5.70. The molecule has 0 aromatic carbocycles. The topological polar surface area (TPSA) is 24.5 Å². The predicted molar refractivity (Wildman–Crippen MR) is 73.4 cm³/mol. The molecule has 0 spiro atoms. The van der Waals surface area contributed by atoms with E-state index in [0.717, 1.165) is 19.7 Å². The Morgan fingerprint density at radius 1 is 1.41 bits per heavy atom. The van der Waals surface area contributed by atoms with Gasteiger partial charge in [0, 0.05) is 25.7 Å². The zero-order valence-corrected chi connectivity index (χ0v) is 12.3. The van der Waals surface area contributed by atoms with Crippen molar-refractivity contribution in [3.05, 3.63) is 0 Å². The lowest BCUT2D eigenvalue weighted by Crippen LogP contribution is -2.52. The average Bonchev–Trinajstić information content (AvgIpc) is 2.24. The number of ether oxygens (including phenoxy) is 1. The van der Waals surface area contributed by atoms with Crippen molar-refractivity contribution in [3.8, 4) is 0 Å². The van der Waals surface area contributed by atoms with Crippen molar-refractivity contribution in [2.24, 2.45) is 5.41 Å². The van der Waals surface area contributed by atoms with Crippen LogP contribution in [0.4, 0.5) is 0 Å². The van der Waals surface area contributed by atoms with E-state index in [2.05, 4.69) is 45.0 Å². The summed E-state index contributed by atoms with van der Waals surface area (Å²) in [6, 6.07) is 0.555. The third-order valence-corrected chi connectivity index (χ3v) is 3.78. The zero-order valence-electron chi connectivity index (χ0n) is 12.3. The second-order valence-corrected chi connectivity index (χ2v) is 6.01. The molecule has 0 aromatic rings. The molecular formula is C14H30N2O. The molecule has 3 atom stereocenters. The standard InChI is InChI=1S/C14H30N2O/c1-6-7-14(4,10-15-5)11-16-8-13(3)17-9-12(16)2/h12-13,15H,6-11H2,1-5H3. The van der Waals surface area contributed by atoms with E-state index in [-0.39, 0.29) is 0 Å². The van der Waals surface area contributed by atoms with Crippen molar-refractivity contribution in [2.75, 3.05) is 33.3 Å². The fraction of sp³-hybridized carbons (Fsp3) is 1.00. The van der Waals surface area contributed by atoms with Crippen LogP contribution in [0.25, 0.3) is 0 Å². The van der Waals surface area contributed by atoms with Gasteiger partial charge in [-0.1, -0.05) is 20.3 Å². The van der Waals surface area contributed by atoms with Crippen LogP contribution in [-0.2, 0) is 4.74 Å². The maximum Gasteiger partial charge on any atom is 0.0674 e. The van der Waals surface area contributed by atoms with Gasteiger partial charge in [0.25, 0.3) is 0 Å². The van der Waals surface area contributed by atoms with Crippen molar-refractivity contribution < 1.29 is 4.74 Å². The summed E-state index contributed by atoms with van der Waals surface area (Å²) in [5, 5.41) is 3.35. The van der Waals surface area contributed by atoms with Gasteiger partial charge in [0.2, 0.25) is 0 Å². The van der Waals surface area contributed by atoms with Crippen LogP contribution in [0.3, 0.4) is 0 Å². The van der Waals surface area contributed by atoms with Crippen molar-refractivity contribution >= 4 is 0 Å². The first kappa shape index (κ1) is 14.9. The molecule has 1 saturated heterocycles. The lowest BCUT2D eigenvalue weighted by atomic mass is 9.84. The third kappa shape index (κ3) is 4.57. The minimum absolute atomic E-state index is 0.381. The molecule has 3 nitrogen and oxygen atoms in total. The molecule has 1 N–H and O–H groups in total. The SMILES string of the molecule is CCCC(C)(CNC)CN1CC(C)OCC1C. The van der Waals surface area contributed by atoms with Crippen LogP contribution in [0.5, 0.6) is 0 Å². The monoisotopic (exact) mass is 242 g/mol. The van der Waals surface area contributed by atoms with E-state index >= 15 is 0 Å². The maximum absolute atomic E-state index is 5.70. The first-order chi connectivity index (χ1) is 8.00. The first-order valence-electron chi connectivity index (χ1n) is 7.01. The summed E-state index contributed by atoms with van der Waals surface area (Å²) in [6.45, 7) is 13.4. The lowest BCUT2D eigenvalue weighted by Gasteiger charge is -2.42. The van der Waals surface area contributed by atoms with Gasteiger partial charge in [0.05, 0.1) is 12.7 Å². The molecule has 0 radical (unpaired) electrons. The number of rotatable bonds is 6. The summed E-state index contributed by atoms with van der Waals surface area (Å²) in [4.78, 5) is 2.60. The number of nitrogens with one attached hydrogen (secondary N) is 1. The van der Waals surface area contributed by atoms with E-state index in [1.165, 1.54) is 19.4 Å². The van der Waals surface area contributed by atoms with Crippen LogP contribution in [0.2, 0.25) is 0 Å². The van der Waals surface area contributed by atoms with Crippen molar-refractivity contribution in [1.29, 1.82) is 0 Å². The van der Waals surface area contributed by atoms with Crippen LogP contribution >= 0.6 is 0 Å². The van der Waals surface area contributed by atoms with Crippen LogP contribution in [0.15, 0.2) is 0 Å². The second-order valence-electron chi connectivity index (χ2n) is 6.01. The predicted octanol–water partition coefficient (Wildman–Crippen LogP) is 2.12. The van der Waals surface area contributed by atoms with Gasteiger partial charge in [0.1, 0.15) is 0 Å². The second kappa shape index (κ2) is 6.72. The summed E-state index contributed by atoms with van der Waals surface area (Å²) in [6.07, 6.45) is 2.92. The van der Waals surface area contributed by atoms with Gasteiger partial charge in [-0.15, -0.1) is 0 Å². The van der Waals surface area contributed by atoms with E-state index in [4.69, 9.17) is 4.74 Å². The Morgan fingerprint density at radius 3 is 2.71 bits per heavy atom. The molecule has 0 saturated carbocycles. The first-order valence-corrected chi connectivity index (χ1v) is 7.01. The van der Waals surface area contributed by atoms with Gasteiger partial charge < -0.3 is 10.1 Å². The Morgan fingerprint density at radius 2 is 2.12 bits per heavy atom. The Kier molecular flexibility index (Phi) is 5.90. The summed E-state index contributed by atoms with van der Waals surface area (Å²) < 4.78 is 5.70. The lowest BCUT2D eigenvalue weighted by molar-refractivity contribution is -0.0621. The largest absolute Gasteiger partial charge is 0.376 e. The van der Waals surface area contributed by atoms with Crippen molar-refractivity contribution in [2.45, 2.75) is 52.7 Å². The summed E-state index contributed by atoms with van der Waals surface area (Å²) in [7, 11) is 2.05. The Hall–Kier alpha value is -0.120. The van der Waals surface area contributed by atoms with E-state index < -0.39 is 0 Å². The number of nitrogens with zero attached hydrogens (tertiary/aromatic N) is 1. The summed E-state index contributed by atoms with van der Waals surface area (Å²) >= 11 is 0. The van der Waals surface area contributed by atoms with Crippen LogP contribution < -0.4 is 5.32 Å². The highest BCUT2D eigenvalue weighted by molar-refractivity contribution is 4.84. The van der Waals surface area contributed by atoms with Crippen LogP contribution in [0, 0.1) is 5.41 Å². The molecule has 102 valence electrons. The van der Waals surface area contributed by atoms with Gasteiger partial charge in [-0.3, -0.25) is 4.90 Å². The highest BCUT2D eigenvalue weighted by Crippen LogP contribution is 2.26. The average molecular weight is 242 g/mol. The number of hydrogen-bond donors (Lipinski definition) is 1. The molecule has 1 rings (SSSR count). The Balaban J connectivity index is 2.58. The van der Waals surface area contributed by atoms with Crippen molar-refractivity contribution in [3.63, 3.8) is 0 Å². The fourth-order valence-corrected chi connectivity index (χ4v) is 2.94. The number of hydrogen-bond acceptors (Lipinski definition) is 3. The molecule has 0 amide bonds. The van der Waals surface area contributed by atoms with Gasteiger partial charge in [-0.2, -0.15) is 0 Å². The Labute approximate surface area is 107 Å². The molecule has 1 fully saturated rings. The van der Waals surface area contributed by atoms with Gasteiger partial charge in [0.15, 0.2) is 0 Å². The van der Waals surface area contributed by atoms with E-state index in [1.807, 2.05) is 0 Å². The molecule has 0 aliphatic carbocycles. The molecular weight excluding hydrogens is 212 g/mol. The van der Waals surface area contributed by atoms with Gasteiger partial charge in [-0.25, -0.2) is 0 Å². The van der Waals surface area contributed by atoms with Gasteiger partial charge >= 0.3 is 0 Å². The summed E-state index contributed by atoms with van der Waals surface area (Å²) in [5.74, 6) is 0. The van der Waals surface area contributed by atoms with E-state index in [0.29, 0.717) is 17.6 Å². The quantitative estimate of drug-likeness (QED) is 0.772.